The minimum Gasteiger partial charge on any atom is -0.383 e. The van der Waals surface area contributed by atoms with Crippen molar-refractivity contribution in [2.24, 2.45) is 0 Å². The van der Waals surface area contributed by atoms with Crippen LogP contribution >= 0.6 is 0 Å². The molecule has 3 N–H and O–H groups in total. The highest BCUT2D eigenvalue weighted by Crippen LogP contribution is 2.33. The van der Waals surface area contributed by atoms with Crippen LogP contribution in [0.2, 0.25) is 0 Å². The van der Waals surface area contributed by atoms with Crippen LogP contribution in [0.15, 0.2) is 120 Å². The summed E-state index contributed by atoms with van der Waals surface area (Å²) in [6, 6.07) is 32.3. The Morgan fingerprint density at radius 2 is 1.43 bits per heavy atom. The number of sulfonamides is 1. The van der Waals surface area contributed by atoms with Crippen LogP contribution in [0, 0.1) is 10.1 Å². The standard InChI is InChI=1S/C42H43N7O6S/c1-42(2,47-22-24-48(25-23-47)56(54,55)38-11-7-6-10-37(38)49(52)53)34-18-16-31(17-19-34)33-26-36(39(43)44-27-33)40(50)45-35-20-21-46(28-35)41(51)32-14-12-30(13-15-32)29-8-4-3-5-9-29/h3-19,26-27,35H,20-25,28H2,1-2H3,(H2,43,44)(H,45,50)/t35-/m1/s1. The molecule has 2 aliphatic rings. The van der Waals surface area contributed by atoms with Gasteiger partial charge in [-0.05, 0) is 66.8 Å². The van der Waals surface area contributed by atoms with E-state index < -0.39 is 26.2 Å². The first-order valence-corrected chi connectivity index (χ1v) is 19.9. The van der Waals surface area contributed by atoms with Gasteiger partial charge in [0.25, 0.3) is 17.5 Å². The Kier molecular flexibility index (Phi) is 10.7. The van der Waals surface area contributed by atoms with Crippen molar-refractivity contribution in [3.8, 4) is 22.3 Å². The average molecular weight is 774 g/mol. The summed E-state index contributed by atoms with van der Waals surface area (Å²) in [4.78, 5) is 45.6. The van der Waals surface area contributed by atoms with E-state index in [4.69, 9.17) is 5.73 Å². The van der Waals surface area contributed by atoms with Crippen LogP contribution in [0.3, 0.4) is 0 Å². The Bertz CT molecular complexity index is 2360. The third kappa shape index (κ3) is 7.76. The number of carbonyl (C=O) groups excluding carboxylic acids is 2. The van der Waals surface area contributed by atoms with Gasteiger partial charge < -0.3 is 16.0 Å². The fourth-order valence-corrected chi connectivity index (χ4v) is 9.04. The van der Waals surface area contributed by atoms with Crippen LogP contribution in [-0.4, -0.2) is 89.6 Å². The second kappa shape index (κ2) is 15.6. The fourth-order valence-electron chi connectivity index (χ4n) is 7.47. The Balaban J connectivity index is 0.964. The number of benzene rings is 4. The molecule has 2 amide bonds. The molecule has 2 fully saturated rings. The van der Waals surface area contributed by atoms with Gasteiger partial charge in [-0.25, -0.2) is 13.4 Å². The van der Waals surface area contributed by atoms with E-state index in [1.54, 1.807) is 17.2 Å². The van der Waals surface area contributed by atoms with Crippen molar-refractivity contribution in [3.05, 3.63) is 142 Å². The molecule has 1 atom stereocenters. The number of para-hydroxylation sites is 1. The van der Waals surface area contributed by atoms with E-state index in [-0.39, 0.29) is 47.2 Å². The second-order valence-corrected chi connectivity index (χ2v) is 16.5. The molecule has 4 aromatic carbocycles. The maximum atomic E-state index is 13.5. The van der Waals surface area contributed by atoms with Crippen molar-refractivity contribution in [2.45, 2.75) is 36.7 Å². The Labute approximate surface area is 326 Å². The summed E-state index contributed by atoms with van der Waals surface area (Å²) in [6.45, 7) is 6.30. The molecule has 0 aliphatic carbocycles. The Morgan fingerprint density at radius 1 is 0.821 bits per heavy atom. The fraction of sp³-hybridized carbons (Fsp3) is 0.262. The van der Waals surface area contributed by atoms with Gasteiger partial charge in [-0.3, -0.25) is 24.6 Å². The van der Waals surface area contributed by atoms with Crippen molar-refractivity contribution in [2.75, 3.05) is 45.0 Å². The minimum atomic E-state index is -4.05. The van der Waals surface area contributed by atoms with E-state index in [2.05, 4.69) is 29.0 Å². The predicted molar refractivity (Wildman–Crippen MR) is 214 cm³/mol. The van der Waals surface area contributed by atoms with Crippen molar-refractivity contribution in [3.63, 3.8) is 0 Å². The van der Waals surface area contributed by atoms with E-state index in [0.29, 0.717) is 43.7 Å². The van der Waals surface area contributed by atoms with Crippen molar-refractivity contribution >= 4 is 33.3 Å². The number of aromatic nitrogens is 1. The number of pyridine rings is 1. The molecule has 0 saturated carbocycles. The number of anilines is 1. The molecule has 3 heterocycles. The highest BCUT2D eigenvalue weighted by molar-refractivity contribution is 7.89. The zero-order valence-corrected chi connectivity index (χ0v) is 32.0. The average Bonchev–Trinajstić information content (AvgIpc) is 3.69. The van der Waals surface area contributed by atoms with E-state index in [9.17, 15) is 28.1 Å². The molecule has 2 saturated heterocycles. The SMILES string of the molecule is CC(C)(c1ccc(-c2cnc(N)c(C(=O)N[C@@H]3CCN(C(=O)c4ccc(-c5ccccc5)cc4)C3)c2)cc1)N1CCN(S(=O)(=O)c2ccccc2[N+](=O)[O-])CC1. The van der Waals surface area contributed by atoms with Gasteiger partial charge >= 0.3 is 0 Å². The van der Waals surface area contributed by atoms with Crippen molar-refractivity contribution in [1.82, 2.24) is 24.4 Å². The number of hydrogen-bond acceptors (Lipinski definition) is 9. The third-order valence-corrected chi connectivity index (χ3v) is 12.8. The van der Waals surface area contributed by atoms with Crippen LogP contribution in [0.1, 0.15) is 46.5 Å². The molecule has 288 valence electrons. The Morgan fingerprint density at radius 3 is 2.11 bits per heavy atom. The lowest BCUT2D eigenvalue weighted by Crippen LogP contribution is -2.54. The van der Waals surface area contributed by atoms with Crippen molar-refractivity contribution < 1.29 is 22.9 Å². The first-order chi connectivity index (χ1) is 26.8. The first-order valence-electron chi connectivity index (χ1n) is 18.4. The lowest BCUT2D eigenvalue weighted by Gasteiger charge is -2.44. The van der Waals surface area contributed by atoms with E-state index >= 15 is 0 Å². The van der Waals surface area contributed by atoms with Crippen LogP contribution in [0.25, 0.3) is 22.3 Å². The summed E-state index contributed by atoms with van der Waals surface area (Å²) < 4.78 is 28.0. The molecule has 13 nitrogen and oxygen atoms in total. The summed E-state index contributed by atoms with van der Waals surface area (Å²) in [5.74, 6) is -0.330. The minimum absolute atomic E-state index is 0.0808. The normalized spacial score (nSPS) is 16.8. The monoisotopic (exact) mass is 773 g/mol. The van der Waals surface area contributed by atoms with E-state index in [1.807, 2.05) is 78.9 Å². The molecule has 0 bridgehead atoms. The first kappa shape index (κ1) is 38.3. The van der Waals surface area contributed by atoms with Gasteiger partial charge in [-0.15, -0.1) is 0 Å². The van der Waals surface area contributed by atoms with Gasteiger partial charge in [0.1, 0.15) is 5.82 Å². The highest BCUT2D eigenvalue weighted by atomic mass is 32.2. The molecular formula is C42H43N7O6S. The van der Waals surface area contributed by atoms with E-state index in [0.717, 1.165) is 22.3 Å². The van der Waals surface area contributed by atoms with Crippen molar-refractivity contribution in [1.29, 1.82) is 0 Å². The molecule has 0 unspecified atom stereocenters. The molecule has 5 aromatic rings. The number of nitrogen functional groups attached to an aromatic ring is 1. The molecule has 56 heavy (non-hydrogen) atoms. The number of rotatable bonds is 10. The lowest BCUT2D eigenvalue weighted by molar-refractivity contribution is -0.387. The maximum absolute atomic E-state index is 13.5. The van der Waals surface area contributed by atoms with Gasteiger partial charge in [0.05, 0.1) is 10.5 Å². The topological polar surface area (TPSA) is 172 Å². The Hall–Kier alpha value is -5.96. The third-order valence-electron chi connectivity index (χ3n) is 10.8. The van der Waals surface area contributed by atoms with Gasteiger partial charge in [0, 0.05) is 74.2 Å². The number of nitrogens with zero attached hydrogens (tertiary/aromatic N) is 5. The molecule has 0 spiro atoms. The molecule has 1 aromatic heterocycles. The quantitative estimate of drug-likeness (QED) is 0.132. The summed E-state index contributed by atoms with van der Waals surface area (Å²) in [5.41, 5.74) is 10.8. The zero-order chi connectivity index (χ0) is 39.6. The lowest BCUT2D eigenvalue weighted by atomic mass is 9.90. The van der Waals surface area contributed by atoms with Crippen LogP contribution in [0.5, 0.6) is 0 Å². The predicted octanol–water partition coefficient (Wildman–Crippen LogP) is 5.79. The number of hydrogen-bond donors (Lipinski definition) is 2. The number of nitrogens with one attached hydrogen (secondary N) is 1. The summed E-state index contributed by atoms with van der Waals surface area (Å²) >= 11 is 0. The van der Waals surface area contributed by atoms with Gasteiger partial charge in [-0.2, -0.15) is 4.31 Å². The summed E-state index contributed by atoms with van der Waals surface area (Å²) in [5, 5.41) is 14.6. The molecule has 0 radical (unpaired) electrons. The maximum Gasteiger partial charge on any atom is 0.289 e. The number of piperazine rings is 1. The van der Waals surface area contributed by atoms with Crippen LogP contribution in [-0.2, 0) is 15.6 Å². The second-order valence-electron chi connectivity index (χ2n) is 14.6. The number of carbonyl (C=O) groups is 2. The molecule has 7 rings (SSSR count). The number of likely N-dealkylation sites (tertiary alicyclic amines) is 1. The zero-order valence-electron chi connectivity index (χ0n) is 31.2. The van der Waals surface area contributed by atoms with E-state index in [1.165, 1.54) is 28.6 Å². The highest BCUT2D eigenvalue weighted by Gasteiger charge is 2.37. The molecule has 2 aliphatic heterocycles. The summed E-state index contributed by atoms with van der Waals surface area (Å²) in [7, 11) is -4.05. The van der Waals surface area contributed by atoms with Gasteiger partial charge in [0.15, 0.2) is 4.90 Å². The number of amides is 2. The molecule has 14 heteroatoms. The largest absolute Gasteiger partial charge is 0.383 e. The summed E-state index contributed by atoms with van der Waals surface area (Å²) in [6.07, 6.45) is 2.24. The smallest absolute Gasteiger partial charge is 0.289 e. The number of nitro groups is 1. The van der Waals surface area contributed by atoms with Crippen LogP contribution in [0.4, 0.5) is 11.5 Å². The van der Waals surface area contributed by atoms with Gasteiger partial charge in [0.2, 0.25) is 10.0 Å². The van der Waals surface area contributed by atoms with Gasteiger partial charge in [-0.1, -0.05) is 78.9 Å². The van der Waals surface area contributed by atoms with Crippen LogP contribution < -0.4 is 11.1 Å². The molecular weight excluding hydrogens is 731 g/mol. The number of nitro benzene ring substituents is 1. The number of nitrogens with two attached hydrogens (primary N) is 1.